The summed E-state index contributed by atoms with van der Waals surface area (Å²) in [7, 11) is -15.8. The standard InChI is InChI=1S/C5H15O14P3/c6-1-3(7)5(19-22(14,15)16)4(18-21(11,12)13)2-17-20(8,9)10/h3-7H,1-2H2,(H2,8,9,10)(H2,11,12,13)(H2,14,15,16)/t3-,4-,5-/m1/s1. The Morgan fingerprint density at radius 2 is 1.27 bits per heavy atom. The monoisotopic (exact) mass is 392 g/mol. The lowest BCUT2D eigenvalue weighted by atomic mass is 10.1. The van der Waals surface area contributed by atoms with Crippen LogP contribution in [0.2, 0.25) is 0 Å². The van der Waals surface area contributed by atoms with Crippen LogP contribution in [0.4, 0.5) is 0 Å². The van der Waals surface area contributed by atoms with Gasteiger partial charge in [0.05, 0.1) is 13.2 Å². The topological polar surface area (TPSA) is 241 Å². The van der Waals surface area contributed by atoms with Gasteiger partial charge in [0.15, 0.2) is 0 Å². The summed E-state index contributed by atoms with van der Waals surface area (Å²) < 4.78 is 44.1. The van der Waals surface area contributed by atoms with E-state index in [1.807, 2.05) is 0 Å². The molecule has 0 saturated heterocycles. The van der Waals surface area contributed by atoms with Crippen molar-refractivity contribution in [2.75, 3.05) is 13.2 Å². The molecular weight excluding hydrogens is 377 g/mol. The summed E-state index contributed by atoms with van der Waals surface area (Å²) in [6.45, 7) is -2.50. The van der Waals surface area contributed by atoms with Crippen molar-refractivity contribution >= 4 is 23.5 Å². The number of phosphoric acid groups is 3. The number of hydrogen-bond acceptors (Lipinski definition) is 8. The first-order chi connectivity index (χ1) is 9.64. The van der Waals surface area contributed by atoms with E-state index in [1.165, 1.54) is 0 Å². The number of phosphoric ester groups is 3. The first-order valence-corrected chi connectivity index (χ1v) is 9.70. The Labute approximate surface area is 123 Å². The lowest BCUT2D eigenvalue weighted by Gasteiger charge is -2.29. The molecule has 0 aliphatic rings. The van der Waals surface area contributed by atoms with E-state index in [4.69, 9.17) is 34.5 Å². The van der Waals surface area contributed by atoms with E-state index in [2.05, 4.69) is 13.6 Å². The molecule has 3 atom stereocenters. The molecule has 0 aromatic carbocycles. The second-order valence-electron chi connectivity index (χ2n) is 3.73. The number of aliphatic hydroxyl groups is 2. The molecule has 0 unspecified atom stereocenters. The van der Waals surface area contributed by atoms with Crippen molar-refractivity contribution in [3.63, 3.8) is 0 Å². The van der Waals surface area contributed by atoms with Crippen LogP contribution in [0.15, 0.2) is 0 Å². The SMILES string of the molecule is O=P(O)(O)OC[C@@H](OP(=O)(O)O)[C@H](OP(=O)(O)O)[C@H](O)CO. The number of hydrogen-bond donors (Lipinski definition) is 8. The molecule has 134 valence electrons. The van der Waals surface area contributed by atoms with Gasteiger partial charge >= 0.3 is 23.5 Å². The van der Waals surface area contributed by atoms with Crippen molar-refractivity contribution in [2.24, 2.45) is 0 Å². The zero-order valence-corrected chi connectivity index (χ0v) is 13.2. The Morgan fingerprint density at radius 1 is 0.818 bits per heavy atom. The summed E-state index contributed by atoms with van der Waals surface area (Å²) in [5.41, 5.74) is 0. The fourth-order valence-electron chi connectivity index (χ4n) is 1.18. The van der Waals surface area contributed by atoms with Gasteiger partial charge in [0.25, 0.3) is 0 Å². The maximum absolute atomic E-state index is 10.8. The predicted octanol–water partition coefficient (Wildman–Crippen LogP) is -2.60. The van der Waals surface area contributed by atoms with Crippen LogP contribution in [0.3, 0.4) is 0 Å². The van der Waals surface area contributed by atoms with E-state index in [9.17, 15) is 18.8 Å². The van der Waals surface area contributed by atoms with Crippen molar-refractivity contribution in [3.05, 3.63) is 0 Å². The Kier molecular flexibility index (Phi) is 8.47. The smallest absolute Gasteiger partial charge is 0.394 e. The van der Waals surface area contributed by atoms with Crippen LogP contribution in [0.1, 0.15) is 0 Å². The van der Waals surface area contributed by atoms with Crippen LogP contribution < -0.4 is 0 Å². The molecule has 22 heavy (non-hydrogen) atoms. The van der Waals surface area contributed by atoms with Gasteiger partial charge in [-0.15, -0.1) is 0 Å². The maximum Gasteiger partial charge on any atom is 0.470 e. The zero-order valence-electron chi connectivity index (χ0n) is 10.5. The van der Waals surface area contributed by atoms with Crippen molar-refractivity contribution in [2.45, 2.75) is 18.3 Å². The molecule has 17 heteroatoms. The number of rotatable bonds is 10. The lowest BCUT2D eigenvalue weighted by Crippen LogP contribution is -2.44. The lowest BCUT2D eigenvalue weighted by molar-refractivity contribution is -0.0826. The van der Waals surface area contributed by atoms with Crippen molar-refractivity contribution in [3.8, 4) is 0 Å². The third-order valence-electron chi connectivity index (χ3n) is 1.87. The highest BCUT2D eigenvalue weighted by Crippen LogP contribution is 2.45. The Balaban J connectivity index is 5.38. The van der Waals surface area contributed by atoms with Gasteiger partial charge in [0.1, 0.15) is 18.3 Å². The van der Waals surface area contributed by atoms with Crippen molar-refractivity contribution in [1.29, 1.82) is 0 Å². The molecule has 14 nitrogen and oxygen atoms in total. The number of aliphatic hydroxyl groups excluding tert-OH is 2. The average Bonchev–Trinajstić information content (AvgIpc) is 2.27. The summed E-state index contributed by atoms with van der Waals surface area (Å²) in [6, 6.07) is 0. The highest BCUT2D eigenvalue weighted by Gasteiger charge is 2.40. The van der Waals surface area contributed by atoms with Gasteiger partial charge in [-0.05, 0) is 0 Å². The minimum atomic E-state index is -5.33. The quantitative estimate of drug-likeness (QED) is 0.178. The second-order valence-corrected chi connectivity index (χ2v) is 7.35. The molecule has 0 aliphatic carbocycles. The molecule has 8 N–H and O–H groups in total. The molecule has 0 aromatic heterocycles. The molecular formula is C5H15O14P3. The largest absolute Gasteiger partial charge is 0.470 e. The van der Waals surface area contributed by atoms with Gasteiger partial charge in [-0.25, -0.2) is 13.7 Å². The normalized spacial score (nSPS) is 18.0. The molecule has 0 heterocycles. The van der Waals surface area contributed by atoms with E-state index < -0.39 is 55.0 Å². The van der Waals surface area contributed by atoms with Crippen molar-refractivity contribution < 1.29 is 66.8 Å². The maximum atomic E-state index is 10.8. The van der Waals surface area contributed by atoms with Gasteiger partial charge in [-0.1, -0.05) is 0 Å². The van der Waals surface area contributed by atoms with Crippen LogP contribution in [0.5, 0.6) is 0 Å². The first-order valence-electron chi connectivity index (χ1n) is 5.11. The third-order valence-corrected chi connectivity index (χ3v) is 3.42. The molecule has 0 spiro atoms. The summed E-state index contributed by atoms with van der Waals surface area (Å²) >= 11 is 0. The van der Waals surface area contributed by atoms with Crippen LogP contribution in [-0.2, 0) is 27.3 Å². The third kappa shape index (κ3) is 10.9. The highest BCUT2D eigenvalue weighted by atomic mass is 31.2. The van der Waals surface area contributed by atoms with Gasteiger partial charge < -0.3 is 39.6 Å². The molecule has 0 fully saturated rings. The van der Waals surface area contributed by atoms with Crippen molar-refractivity contribution in [1.82, 2.24) is 0 Å². The molecule has 0 radical (unpaired) electrons. The fraction of sp³-hybridized carbons (Fsp3) is 1.00. The van der Waals surface area contributed by atoms with E-state index in [-0.39, 0.29) is 0 Å². The molecule has 0 rings (SSSR count). The van der Waals surface area contributed by atoms with Crippen LogP contribution >= 0.6 is 23.5 Å². The Bertz CT molecular complexity index is 473. The second kappa shape index (κ2) is 8.38. The van der Waals surface area contributed by atoms with Crippen LogP contribution in [0, 0.1) is 0 Å². The molecule has 0 aromatic rings. The minimum Gasteiger partial charge on any atom is -0.394 e. The summed E-state index contributed by atoms with van der Waals surface area (Å²) in [4.78, 5) is 51.7. The van der Waals surface area contributed by atoms with Crippen LogP contribution in [0.25, 0.3) is 0 Å². The molecule has 0 bridgehead atoms. The summed E-state index contributed by atoms with van der Waals surface area (Å²) in [5.74, 6) is 0. The van der Waals surface area contributed by atoms with E-state index in [1.54, 1.807) is 0 Å². The summed E-state index contributed by atoms with van der Waals surface area (Å²) in [6.07, 6.45) is -6.63. The first kappa shape index (κ1) is 22.2. The van der Waals surface area contributed by atoms with Gasteiger partial charge in [0, 0.05) is 0 Å². The fourth-order valence-corrected chi connectivity index (χ4v) is 2.65. The molecule has 0 amide bonds. The Hall–Kier alpha value is 0.250. The Morgan fingerprint density at radius 3 is 1.59 bits per heavy atom. The van der Waals surface area contributed by atoms with Gasteiger partial charge in [0.2, 0.25) is 0 Å². The average molecular weight is 392 g/mol. The zero-order chi connectivity index (χ0) is 17.8. The summed E-state index contributed by atoms with van der Waals surface area (Å²) in [5, 5.41) is 18.1. The molecule has 0 saturated carbocycles. The molecule has 0 aliphatic heterocycles. The van der Waals surface area contributed by atoms with E-state index in [0.29, 0.717) is 0 Å². The predicted molar refractivity (Wildman–Crippen MR) is 64.9 cm³/mol. The van der Waals surface area contributed by atoms with E-state index >= 15 is 0 Å². The van der Waals surface area contributed by atoms with E-state index in [0.717, 1.165) is 0 Å². The minimum absolute atomic E-state index is 1.18. The highest BCUT2D eigenvalue weighted by molar-refractivity contribution is 7.47. The van der Waals surface area contributed by atoms with Gasteiger partial charge in [-0.3, -0.25) is 13.6 Å². The van der Waals surface area contributed by atoms with Gasteiger partial charge in [-0.2, -0.15) is 0 Å². The van der Waals surface area contributed by atoms with Crippen LogP contribution in [-0.4, -0.2) is 71.1 Å².